The zero-order valence-corrected chi connectivity index (χ0v) is 22.3. The Kier molecular flexibility index (Phi) is 6.93. The zero-order chi connectivity index (χ0) is 27.2. The van der Waals surface area contributed by atoms with Crippen LogP contribution in [0.1, 0.15) is 39.2 Å². The molecule has 0 radical (unpaired) electrons. The Morgan fingerprint density at radius 3 is 2.55 bits per heavy atom. The van der Waals surface area contributed by atoms with E-state index in [1.165, 1.54) is 17.4 Å². The Morgan fingerprint density at radius 1 is 1.08 bits per heavy atom. The first-order valence-corrected chi connectivity index (χ1v) is 13.0. The van der Waals surface area contributed by atoms with Crippen LogP contribution in [0.2, 0.25) is 10.0 Å². The fourth-order valence-corrected chi connectivity index (χ4v) is 5.22. The van der Waals surface area contributed by atoms with Gasteiger partial charge in [0.2, 0.25) is 0 Å². The van der Waals surface area contributed by atoms with Crippen molar-refractivity contribution >= 4 is 51.9 Å². The van der Waals surface area contributed by atoms with Crippen molar-refractivity contribution in [2.75, 3.05) is 5.32 Å². The van der Waals surface area contributed by atoms with Gasteiger partial charge in [-0.2, -0.15) is 23.4 Å². The average Bonchev–Trinajstić information content (AvgIpc) is 3.58. The van der Waals surface area contributed by atoms with Crippen molar-refractivity contribution in [3.8, 4) is 10.6 Å². The van der Waals surface area contributed by atoms with Crippen LogP contribution in [-0.2, 0) is 19.1 Å². The highest BCUT2D eigenvalue weighted by Gasteiger charge is 2.36. The SMILES string of the molecule is CCc1ccc(-c2cc(C(F)(F)F)n3nc(C(=O)Nc4cc(C)n(Cc5ccc(Cl)cc5Cl)n4)cc3n2)s1. The van der Waals surface area contributed by atoms with Gasteiger partial charge in [0, 0.05) is 32.7 Å². The van der Waals surface area contributed by atoms with Crippen molar-refractivity contribution in [3.05, 3.63) is 86.1 Å². The fourth-order valence-electron chi connectivity index (χ4n) is 3.84. The van der Waals surface area contributed by atoms with Crippen LogP contribution in [0.15, 0.2) is 48.5 Å². The largest absolute Gasteiger partial charge is 0.433 e. The minimum atomic E-state index is -4.71. The summed E-state index contributed by atoms with van der Waals surface area (Å²) in [6.45, 7) is 4.09. The van der Waals surface area contributed by atoms with Crippen molar-refractivity contribution in [3.63, 3.8) is 0 Å². The van der Waals surface area contributed by atoms with Gasteiger partial charge in [0.1, 0.15) is 0 Å². The maximum absolute atomic E-state index is 13.9. The van der Waals surface area contributed by atoms with Gasteiger partial charge in [-0.25, -0.2) is 9.50 Å². The van der Waals surface area contributed by atoms with Gasteiger partial charge in [-0.05, 0) is 49.2 Å². The van der Waals surface area contributed by atoms with E-state index < -0.39 is 17.8 Å². The van der Waals surface area contributed by atoms with Gasteiger partial charge in [-0.3, -0.25) is 9.48 Å². The Morgan fingerprint density at radius 2 is 1.87 bits per heavy atom. The number of aromatic nitrogens is 5. The maximum Gasteiger partial charge on any atom is 0.433 e. The van der Waals surface area contributed by atoms with Gasteiger partial charge in [0.05, 0.1) is 17.1 Å². The first kappa shape index (κ1) is 26.2. The lowest BCUT2D eigenvalue weighted by molar-refractivity contribution is -0.142. The van der Waals surface area contributed by atoms with Crippen LogP contribution in [-0.4, -0.2) is 30.3 Å². The minimum absolute atomic E-state index is 0.0921. The van der Waals surface area contributed by atoms with Gasteiger partial charge in [0.15, 0.2) is 22.9 Å². The van der Waals surface area contributed by atoms with Crippen LogP contribution in [0.25, 0.3) is 16.2 Å². The summed E-state index contributed by atoms with van der Waals surface area (Å²) in [5.41, 5.74) is 0.326. The number of carbonyl (C=O) groups is 1. The number of aryl methyl sites for hydroxylation is 2. The summed E-state index contributed by atoms with van der Waals surface area (Å²) in [6.07, 6.45) is -3.95. The Bertz CT molecular complexity index is 1670. The molecule has 0 bridgehead atoms. The number of amides is 1. The van der Waals surface area contributed by atoms with Crippen LogP contribution in [0, 0.1) is 6.92 Å². The number of fused-ring (bicyclic) bond motifs is 1. The molecular formula is C25H19Cl2F3N6OS. The van der Waals surface area contributed by atoms with E-state index in [0.717, 1.165) is 28.6 Å². The number of benzene rings is 1. The van der Waals surface area contributed by atoms with Gasteiger partial charge in [0.25, 0.3) is 5.91 Å². The first-order chi connectivity index (χ1) is 18.0. The summed E-state index contributed by atoms with van der Waals surface area (Å²) < 4.78 is 44.0. The monoisotopic (exact) mass is 578 g/mol. The third-order valence-corrected chi connectivity index (χ3v) is 7.61. The van der Waals surface area contributed by atoms with E-state index in [-0.39, 0.29) is 22.9 Å². The first-order valence-electron chi connectivity index (χ1n) is 11.4. The number of halogens is 5. The quantitative estimate of drug-likeness (QED) is 0.232. The third-order valence-electron chi connectivity index (χ3n) is 5.77. The molecule has 0 aliphatic carbocycles. The number of carbonyl (C=O) groups excluding carboxylic acids is 1. The molecule has 0 spiro atoms. The van der Waals surface area contributed by atoms with Crippen molar-refractivity contribution in [2.45, 2.75) is 33.0 Å². The molecule has 5 rings (SSSR count). The van der Waals surface area contributed by atoms with E-state index in [1.807, 2.05) is 13.0 Å². The summed E-state index contributed by atoms with van der Waals surface area (Å²) in [4.78, 5) is 18.9. The highest BCUT2D eigenvalue weighted by Crippen LogP contribution is 2.34. The lowest BCUT2D eigenvalue weighted by atomic mass is 10.2. The molecule has 0 unspecified atom stereocenters. The second-order valence-corrected chi connectivity index (χ2v) is 10.5. The molecule has 0 atom stereocenters. The van der Waals surface area contributed by atoms with E-state index in [2.05, 4.69) is 20.5 Å². The maximum atomic E-state index is 13.9. The normalized spacial score (nSPS) is 11.9. The molecule has 7 nitrogen and oxygen atoms in total. The van der Waals surface area contributed by atoms with Crippen LogP contribution in [0.5, 0.6) is 0 Å². The van der Waals surface area contributed by atoms with Crippen LogP contribution in [0.4, 0.5) is 19.0 Å². The van der Waals surface area contributed by atoms with E-state index in [4.69, 9.17) is 23.2 Å². The van der Waals surface area contributed by atoms with E-state index in [1.54, 1.807) is 41.9 Å². The van der Waals surface area contributed by atoms with Crippen LogP contribution >= 0.6 is 34.5 Å². The summed E-state index contributed by atoms with van der Waals surface area (Å²) in [6, 6.07) is 12.5. The van der Waals surface area contributed by atoms with Gasteiger partial charge in [-0.1, -0.05) is 36.2 Å². The van der Waals surface area contributed by atoms with Crippen molar-refractivity contribution in [1.82, 2.24) is 24.4 Å². The van der Waals surface area contributed by atoms with Crippen molar-refractivity contribution in [1.29, 1.82) is 0 Å². The van der Waals surface area contributed by atoms with Gasteiger partial charge < -0.3 is 5.32 Å². The standard InChI is InChI=1S/C25H19Cl2F3N6OS/c1-3-16-6-7-20(38-16)18-10-21(25(28,29)30)36-23(31-18)11-19(33-36)24(37)32-22-8-13(2)35(34-22)12-14-4-5-15(26)9-17(14)27/h4-11H,3,12H2,1-2H3,(H,32,34,37). The number of rotatable bonds is 6. The number of nitrogens with zero attached hydrogens (tertiary/aromatic N) is 5. The number of alkyl halides is 3. The second kappa shape index (κ2) is 10.0. The number of anilines is 1. The van der Waals surface area contributed by atoms with Crippen LogP contribution in [0.3, 0.4) is 0 Å². The smallest absolute Gasteiger partial charge is 0.304 e. The topological polar surface area (TPSA) is 77.1 Å². The minimum Gasteiger partial charge on any atom is -0.304 e. The molecule has 0 fully saturated rings. The highest BCUT2D eigenvalue weighted by molar-refractivity contribution is 7.15. The molecule has 1 amide bonds. The Balaban J connectivity index is 1.43. The molecule has 1 aromatic carbocycles. The molecule has 38 heavy (non-hydrogen) atoms. The Labute approximate surface area is 228 Å². The molecule has 4 aromatic heterocycles. The fraction of sp³-hybridized carbons (Fsp3) is 0.200. The van der Waals surface area contributed by atoms with E-state index >= 15 is 0 Å². The van der Waals surface area contributed by atoms with E-state index in [0.29, 0.717) is 26.0 Å². The van der Waals surface area contributed by atoms with Gasteiger partial charge in [-0.15, -0.1) is 11.3 Å². The molecule has 0 saturated carbocycles. The summed E-state index contributed by atoms with van der Waals surface area (Å²) in [5, 5.41) is 11.9. The van der Waals surface area contributed by atoms with Crippen LogP contribution < -0.4 is 5.32 Å². The highest BCUT2D eigenvalue weighted by atomic mass is 35.5. The molecule has 13 heteroatoms. The zero-order valence-electron chi connectivity index (χ0n) is 20.0. The van der Waals surface area contributed by atoms with E-state index in [9.17, 15) is 18.0 Å². The third kappa shape index (κ3) is 5.27. The number of nitrogens with one attached hydrogen (secondary N) is 1. The van der Waals surface area contributed by atoms with Gasteiger partial charge >= 0.3 is 6.18 Å². The average molecular weight is 579 g/mol. The molecule has 196 valence electrons. The predicted octanol–water partition coefficient (Wildman–Crippen LogP) is 7.15. The molecular weight excluding hydrogens is 560 g/mol. The lowest BCUT2D eigenvalue weighted by Crippen LogP contribution is -2.16. The number of thiophene rings is 1. The summed E-state index contributed by atoms with van der Waals surface area (Å²) in [5.74, 6) is -0.506. The summed E-state index contributed by atoms with van der Waals surface area (Å²) >= 11 is 13.6. The predicted molar refractivity (Wildman–Crippen MR) is 141 cm³/mol. The van der Waals surface area contributed by atoms with Crippen molar-refractivity contribution < 1.29 is 18.0 Å². The molecule has 0 aliphatic rings. The Hall–Kier alpha value is -3.41. The second-order valence-electron chi connectivity index (χ2n) is 8.46. The lowest BCUT2D eigenvalue weighted by Gasteiger charge is -2.10. The molecule has 0 saturated heterocycles. The molecule has 0 aliphatic heterocycles. The number of hydrogen-bond acceptors (Lipinski definition) is 5. The number of hydrogen-bond donors (Lipinski definition) is 1. The molecule has 5 aromatic rings. The molecule has 4 heterocycles. The summed E-state index contributed by atoms with van der Waals surface area (Å²) in [7, 11) is 0. The van der Waals surface area contributed by atoms with Crippen molar-refractivity contribution in [2.24, 2.45) is 0 Å². The molecule has 1 N–H and O–H groups in total.